The highest BCUT2D eigenvalue weighted by Crippen LogP contribution is 2.38. The molecule has 2 aliphatic heterocycles. The van der Waals surface area contributed by atoms with Crippen LogP contribution in [-0.4, -0.2) is 76.8 Å². The highest BCUT2D eigenvalue weighted by molar-refractivity contribution is 6.07. The minimum atomic E-state index is -1.07. The number of aliphatic imine (C=N–C) groups is 1. The van der Waals surface area contributed by atoms with Crippen LogP contribution in [0.15, 0.2) is 53.7 Å². The molecule has 3 amide bonds. The van der Waals surface area contributed by atoms with Crippen LogP contribution in [0.25, 0.3) is 0 Å². The number of carbonyl (C=O) groups is 3. The standard InChI is InChI=1S/C27H34N6O4/c1-19(2)9-11-27(21-7-5-4-6-8-21)24(35)33(25(28)30-27)18-22-17-20(10-12-29-22)23(34)31-13-15-32(16-14-31)26(36)37-3/h4-8,10,12,17,19H,9,11,13-16,18H2,1-3H3,(H2,28,30)/t27-/m1/s1. The van der Waals surface area contributed by atoms with Gasteiger partial charge in [-0.1, -0.05) is 44.2 Å². The highest BCUT2D eigenvalue weighted by Gasteiger charge is 2.48. The molecular weight excluding hydrogens is 472 g/mol. The second-order valence-electron chi connectivity index (χ2n) is 9.81. The quantitative estimate of drug-likeness (QED) is 0.616. The number of benzene rings is 1. The van der Waals surface area contributed by atoms with Gasteiger partial charge in [-0.3, -0.25) is 19.5 Å². The summed E-state index contributed by atoms with van der Waals surface area (Å²) in [6.07, 6.45) is 2.53. The van der Waals surface area contributed by atoms with Crippen LogP contribution in [0.3, 0.4) is 0 Å². The van der Waals surface area contributed by atoms with Gasteiger partial charge in [-0.05, 0) is 36.5 Å². The molecule has 1 atom stereocenters. The van der Waals surface area contributed by atoms with Gasteiger partial charge in [-0.15, -0.1) is 0 Å². The molecule has 2 N–H and O–H groups in total. The third kappa shape index (κ3) is 5.42. The summed E-state index contributed by atoms with van der Waals surface area (Å²) in [5.74, 6) is 0.209. The van der Waals surface area contributed by atoms with Crippen molar-refractivity contribution >= 4 is 23.9 Å². The molecule has 4 rings (SSSR count). The number of guanidine groups is 1. The predicted molar refractivity (Wildman–Crippen MR) is 138 cm³/mol. The summed E-state index contributed by atoms with van der Waals surface area (Å²) in [4.78, 5) is 52.5. The van der Waals surface area contributed by atoms with E-state index < -0.39 is 11.6 Å². The number of methoxy groups -OCH3 is 1. The minimum Gasteiger partial charge on any atom is -0.453 e. The first-order chi connectivity index (χ1) is 17.7. The van der Waals surface area contributed by atoms with Crippen molar-refractivity contribution in [1.82, 2.24) is 19.7 Å². The molecule has 0 spiro atoms. The molecule has 0 bridgehead atoms. The molecule has 2 aromatic rings. The molecular formula is C27H34N6O4. The van der Waals surface area contributed by atoms with Gasteiger partial charge < -0.3 is 20.3 Å². The van der Waals surface area contributed by atoms with Crippen LogP contribution in [0.5, 0.6) is 0 Å². The molecule has 196 valence electrons. The number of nitrogens with two attached hydrogens (primary N) is 1. The Hall–Kier alpha value is -3.95. The van der Waals surface area contributed by atoms with Crippen LogP contribution < -0.4 is 5.73 Å². The zero-order valence-electron chi connectivity index (χ0n) is 21.6. The first-order valence-corrected chi connectivity index (χ1v) is 12.5. The fraction of sp³-hybridized carbons (Fsp3) is 0.444. The topological polar surface area (TPSA) is 121 Å². The Kier molecular flexibility index (Phi) is 7.75. The van der Waals surface area contributed by atoms with Crippen LogP contribution in [0.2, 0.25) is 0 Å². The second-order valence-corrected chi connectivity index (χ2v) is 9.81. The van der Waals surface area contributed by atoms with Gasteiger partial charge in [0.05, 0.1) is 19.3 Å². The number of hydrogen-bond acceptors (Lipinski definition) is 7. The molecule has 10 heteroatoms. The number of aromatic nitrogens is 1. The maximum atomic E-state index is 13.8. The zero-order chi connectivity index (χ0) is 26.6. The van der Waals surface area contributed by atoms with E-state index in [1.54, 1.807) is 28.1 Å². The van der Waals surface area contributed by atoms with Gasteiger partial charge in [-0.2, -0.15) is 0 Å². The van der Waals surface area contributed by atoms with E-state index >= 15 is 0 Å². The van der Waals surface area contributed by atoms with E-state index in [0.29, 0.717) is 49.8 Å². The van der Waals surface area contributed by atoms with Crippen molar-refractivity contribution in [2.45, 2.75) is 38.8 Å². The van der Waals surface area contributed by atoms with Crippen LogP contribution in [-0.2, 0) is 21.6 Å². The van der Waals surface area contributed by atoms with E-state index in [1.807, 2.05) is 30.3 Å². The van der Waals surface area contributed by atoms with Crippen LogP contribution in [0.4, 0.5) is 4.79 Å². The minimum absolute atomic E-state index is 0.113. The normalized spacial score (nSPS) is 19.8. The number of piperazine rings is 1. The highest BCUT2D eigenvalue weighted by atomic mass is 16.5. The van der Waals surface area contributed by atoms with E-state index in [4.69, 9.17) is 15.5 Å². The molecule has 1 aromatic heterocycles. The molecule has 1 saturated heterocycles. The Balaban J connectivity index is 1.50. The molecule has 10 nitrogen and oxygen atoms in total. The first-order valence-electron chi connectivity index (χ1n) is 12.5. The SMILES string of the molecule is COC(=O)N1CCN(C(=O)c2ccnc(CN3C(=O)[C@@](CCC(C)C)(c4ccccc4)N=C3N)c2)CC1. The zero-order valence-corrected chi connectivity index (χ0v) is 21.6. The number of hydrogen-bond donors (Lipinski definition) is 1. The first kappa shape index (κ1) is 26.1. The third-order valence-electron chi connectivity index (χ3n) is 6.90. The van der Waals surface area contributed by atoms with E-state index in [1.165, 1.54) is 12.0 Å². The average molecular weight is 507 g/mol. The molecule has 1 fully saturated rings. The number of ether oxygens (including phenoxy) is 1. The number of carbonyl (C=O) groups excluding carboxylic acids is 3. The van der Waals surface area contributed by atoms with E-state index in [-0.39, 0.29) is 24.3 Å². The molecule has 3 heterocycles. The summed E-state index contributed by atoms with van der Waals surface area (Å²) < 4.78 is 4.76. The van der Waals surface area contributed by atoms with Gasteiger partial charge in [0.1, 0.15) is 0 Å². The lowest BCUT2D eigenvalue weighted by molar-refractivity contribution is -0.132. The fourth-order valence-electron chi connectivity index (χ4n) is 4.75. The van der Waals surface area contributed by atoms with Crippen molar-refractivity contribution < 1.29 is 19.1 Å². The van der Waals surface area contributed by atoms with Gasteiger partial charge >= 0.3 is 6.09 Å². The van der Waals surface area contributed by atoms with Crippen molar-refractivity contribution in [2.24, 2.45) is 16.6 Å². The van der Waals surface area contributed by atoms with Gasteiger partial charge in [0.2, 0.25) is 0 Å². The summed E-state index contributed by atoms with van der Waals surface area (Å²) in [6.45, 7) is 5.97. The molecule has 0 saturated carbocycles. The third-order valence-corrected chi connectivity index (χ3v) is 6.90. The van der Waals surface area contributed by atoms with Crippen LogP contribution >= 0.6 is 0 Å². The second kappa shape index (κ2) is 11.0. The Bertz CT molecular complexity index is 1180. The number of pyridine rings is 1. The van der Waals surface area contributed by atoms with Crippen molar-refractivity contribution in [2.75, 3.05) is 33.3 Å². The van der Waals surface area contributed by atoms with E-state index in [0.717, 1.165) is 12.0 Å². The summed E-state index contributed by atoms with van der Waals surface area (Å²) in [5.41, 5.74) is 7.06. The van der Waals surface area contributed by atoms with Crippen molar-refractivity contribution in [1.29, 1.82) is 0 Å². The monoisotopic (exact) mass is 506 g/mol. The largest absolute Gasteiger partial charge is 0.453 e. The van der Waals surface area contributed by atoms with Gasteiger partial charge in [0.25, 0.3) is 11.8 Å². The van der Waals surface area contributed by atoms with Crippen molar-refractivity contribution in [3.8, 4) is 0 Å². The maximum Gasteiger partial charge on any atom is 0.409 e. The van der Waals surface area contributed by atoms with Crippen molar-refractivity contribution in [3.63, 3.8) is 0 Å². The van der Waals surface area contributed by atoms with Crippen LogP contribution in [0, 0.1) is 5.92 Å². The van der Waals surface area contributed by atoms with Gasteiger partial charge in [0.15, 0.2) is 11.5 Å². The Morgan fingerprint density at radius 1 is 1.08 bits per heavy atom. The van der Waals surface area contributed by atoms with Crippen molar-refractivity contribution in [3.05, 3.63) is 65.5 Å². The molecule has 0 radical (unpaired) electrons. The summed E-state index contributed by atoms with van der Waals surface area (Å²) >= 11 is 0. The van der Waals surface area contributed by atoms with Gasteiger partial charge in [0, 0.05) is 37.9 Å². The molecule has 0 aliphatic carbocycles. The smallest absolute Gasteiger partial charge is 0.409 e. The lowest BCUT2D eigenvalue weighted by Crippen LogP contribution is -2.50. The molecule has 2 aliphatic rings. The van der Waals surface area contributed by atoms with Crippen LogP contribution in [0.1, 0.15) is 48.3 Å². The number of rotatable bonds is 7. The summed E-state index contributed by atoms with van der Waals surface area (Å²) in [5, 5.41) is 0. The van der Waals surface area contributed by atoms with E-state index in [2.05, 4.69) is 18.8 Å². The lowest BCUT2D eigenvalue weighted by atomic mass is 9.83. The number of nitrogens with zero attached hydrogens (tertiary/aromatic N) is 5. The number of amides is 3. The Labute approximate surface area is 217 Å². The predicted octanol–water partition coefficient (Wildman–Crippen LogP) is 2.59. The maximum absolute atomic E-state index is 13.8. The fourth-order valence-corrected chi connectivity index (χ4v) is 4.75. The summed E-state index contributed by atoms with van der Waals surface area (Å²) in [7, 11) is 1.34. The Morgan fingerprint density at radius 2 is 1.76 bits per heavy atom. The average Bonchev–Trinajstić information content (AvgIpc) is 3.17. The molecule has 37 heavy (non-hydrogen) atoms. The molecule has 0 unspecified atom stereocenters. The Morgan fingerprint density at radius 3 is 2.41 bits per heavy atom. The lowest BCUT2D eigenvalue weighted by Gasteiger charge is -2.33. The summed E-state index contributed by atoms with van der Waals surface area (Å²) in [6, 6.07) is 12.9. The van der Waals surface area contributed by atoms with E-state index in [9.17, 15) is 14.4 Å². The van der Waals surface area contributed by atoms with Gasteiger partial charge in [-0.25, -0.2) is 9.79 Å². The molecule has 1 aromatic carbocycles.